The molecule has 6 aromatic carbocycles. The van der Waals surface area contributed by atoms with Crippen molar-refractivity contribution < 1.29 is 173 Å². The van der Waals surface area contributed by atoms with Crippen molar-refractivity contribution in [2.75, 3.05) is 74.0 Å². The van der Waals surface area contributed by atoms with Crippen LogP contribution in [0.2, 0.25) is 20.1 Å². The third-order valence-electron chi connectivity index (χ3n) is 12.7. The maximum atomic E-state index is 12.8. The molecule has 386 valence electrons. The third-order valence-corrected chi connectivity index (χ3v) is 14.2. The zero-order valence-corrected chi connectivity index (χ0v) is 59.1. The smallest absolute Gasteiger partial charge is 1.00 e. The quantitative estimate of drug-likeness (QED) is 0.0692. The van der Waals surface area contributed by atoms with Crippen molar-refractivity contribution in [1.82, 2.24) is 20.0 Å². The number of nitrogens with zero attached hydrogens (tertiary/aromatic N) is 7. The van der Waals surface area contributed by atoms with Crippen LogP contribution in [0.15, 0.2) is 133 Å². The second kappa shape index (κ2) is 32.1. The molecule has 4 heterocycles. The second-order valence-corrected chi connectivity index (χ2v) is 19.6. The molecule has 22 heteroatoms. The van der Waals surface area contributed by atoms with E-state index in [-0.39, 0.29) is 181 Å². The number of fused-ring (bicyclic) bond motifs is 2. The van der Waals surface area contributed by atoms with Crippen LogP contribution in [0.4, 0.5) is 11.4 Å². The minimum absolute atomic E-state index is 0. The fourth-order valence-corrected chi connectivity index (χ4v) is 10.3. The molecule has 4 aliphatic rings. The van der Waals surface area contributed by atoms with Crippen LogP contribution in [0, 0.1) is 22.7 Å². The van der Waals surface area contributed by atoms with E-state index in [1.807, 2.05) is 66.7 Å². The largest absolute Gasteiger partial charge is 1.00 e. The van der Waals surface area contributed by atoms with Gasteiger partial charge >= 0.3 is 138 Å². The molecule has 77 heavy (non-hydrogen) atoms. The Bertz CT molecular complexity index is 3090. The molecule has 15 nitrogen and oxygen atoms in total. The summed E-state index contributed by atoms with van der Waals surface area (Å²) in [6.07, 6.45) is 0. The first kappa shape index (κ1) is 65.1. The van der Waals surface area contributed by atoms with Crippen LogP contribution in [0.3, 0.4) is 0 Å². The number of nitriles is 2. The number of benzene rings is 6. The topological polar surface area (TPSA) is 193 Å². The third kappa shape index (κ3) is 16.5. The van der Waals surface area contributed by atoms with Gasteiger partial charge in [0.15, 0.2) is 0 Å². The molecule has 0 unspecified atom stereocenters. The molecule has 0 aromatic heterocycles. The molecule has 0 saturated carbocycles. The Morgan fingerprint density at radius 1 is 0.610 bits per heavy atom. The fourth-order valence-electron chi connectivity index (χ4n) is 9.11. The van der Waals surface area contributed by atoms with E-state index in [4.69, 9.17) is 61.7 Å². The minimum atomic E-state index is -0.233. The molecule has 0 bridgehead atoms. The van der Waals surface area contributed by atoms with Gasteiger partial charge in [0.25, 0.3) is 30.1 Å². The normalized spacial score (nSPS) is 16.3. The number of hydrogen-bond acceptors (Lipinski definition) is 13. The Morgan fingerprint density at radius 3 is 1.43 bits per heavy atom. The molecule has 6 aromatic rings. The zero-order valence-electron chi connectivity index (χ0n) is 42.9. The van der Waals surface area contributed by atoms with Gasteiger partial charge < -0.3 is 26.7 Å². The summed E-state index contributed by atoms with van der Waals surface area (Å²) in [5.74, 6) is -0.846. The Labute approximate surface area is 594 Å². The molecular formula is C55H47BrCl4Cs2N8O7. The number of hydrogen-bond donors (Lipinski definition) is 1. The predicted octanol–water partition coefficient (Wildman–Crippen LogP) is 3.27. The Kier molecular flexibility index (Phi) is 27.1. The van der Waals surface area contributed by atoms with E-state index >= 15 is 0 Å². The van der Waals surface area contributed by atoms with Crippen LogP contribution < -0.4 is 158 Å². The average molecular weight is 1420 g/mol. The number of carbonyl (C=O) groups excluding carboxylic acids is 5. The number of imide groups is 2. The van der Waals surface area contributed by atoms with Crippen molar-refractivity contribution in [3.05, 3.63) is 198 Å². The van der Waals surface area contributed by atoms with Gasteiger partial charge in [-0.1, -0.05) is 111 Å². The number of halogens is 5. The van der Waals surface area contributed by atoms with Gasteiger partial charge in [-0.3, -0.25) is 38.7 Å². The Hall–Kier alpha value is -2.73. The number of carbonyl (C=O) groups is 5. The molecule has 2 atom stereocenters. The summed E-state index contributed by atoms with van der Waals surface area (Å²) >= 11 is 28.3. The summed E-state index contributed by atoms with van der Waals surface area (Å²) in [6, 6.07) is 44.7. The van der Waals surface area contributed by atoms with Crippen LogP contribution in [0.25, 0.3) is 0 Å². The maximum Gasteiger partial charge on any atom is 1.00 e. The summed E-state index contributed by atoms with van der Waals surface area (Å²) in [5, 5.41) is 33.2. The van der Waals surface area contributed by atoms with E-state index in [2.05, 4.69) is 53.0 Å². The first-order valence-corrected chi connectivity index (χ1v) is 26.0. The Balaban J connectivity index is 0.000000261. The van der Waals surface area contributed by atoms with E-state index in [9.17, 15) is 24.4 Å². The first-order valence-electron chi connectivity index (χ1n) is 23.4. The van der Waals surface area contributed by atoms with Crippen LogP contribution in [-0.2, 0) is 9.68 Å². The van der Waals surface area contributed by atoms with Crippen LogP contribution >= 0.6 is 62.3 Å². The fraction of sp³-hybridized carbons (Fsp3) is 0.218. The first-order chi connectivity index (χ1) is 36.3. The summed E-state index contributed by atoms with van der Waals surface area (Å²) in [5.41, 5.74) is 7.16. The summed E-state index contributed by atoms with van der Waals surface area (Å²) < 4.78 is 0. The maximum absolute atomic E-state index is 12.8. The van der Waals surface area contributed by atoms with Crippen molar-refractivity contribution in [2.45, 2.75) is 12.1 Å². The van der Waals surface area contributed by atoms with Crippen molar-refractivity contribution in [2.24, 2.45) is 0 Å². The van der Waals surface area contributed by atoms with Gasteiger partial charge in [0, 0.05) is 74.3 Å². The molecule has 0 spiro atoms. The van der Waals surface area contributed by atoms with Gasteiger partial charge in [-0.25, -0.2) is 0 Å². The monoisotopic (exact) mass is 1420 g/mol. The zero-order chi connectivity index (χ0) is 53.6. The van der Waals surface area contributed by atoms with Crippen LogP contribution in [-0.4, -0.2) is 109 Å². The van der Waals surface area contributed by atoms with E-state index in [1.54, 1.807) is 66.7 Å². The average Bonchev–Trinajstić information content (AvgIpc) is 3.84. The van der Waals surface area contributed by atoms with Gasteiger partial charge in [-0.15, -0.1) is 0 Å². The van der Waals surface area contributed by atoms with Crippen molar-refractivity contribution >= 4 is 104 Å². The molecule has 1 N–H and O–H groups in total. The number of amides is 4. The van der Waals surface area contributed by atoms with Gasteiger partial charge in [-0.2, -0.15) is 10.5 Å². The molecule has 2 fully saturated rings. The number of piperazine rings is 2. The molecule has 10 rings (SSSR count). The minimum Gasteiger partial charge on any atom is -1.00 e. The van der Waals surface area contributed by atoms with Crippen molar-refractivity contribution in [1.29, 1.82) is 10.5 Å². The molecule has 2 saturated heterocycles. The Morgan fingerprint density at radius 2 is 1.03 bits per heavy atom. The number of rotatable bonds is 10. The SMILES string of the molecule is N#Cc1ccc(N2CCN(CCN3C(=O)c4ccccc4C3=O)C[C@H]2c2ccc(Cl)cc2)c(Cl)c1.N#Cc1ccc(N2CCNC[C@H]2c2ccc(Cl)cc2)c(Cl)c1.O=C1c2ccccc2C(=O)N1CCBr.O=CO[O-].[Cs+].[Cs+].[H-]. The van der Waals surface area contributed by atoms with Crippen molar-refractivity contribution in [3.63, 3.8) is 0 Å². The van der Waals surface area contributed by atoms with Crippen LogP contribution in [0.5, 0.6) is 0 Å². The van der Waals surface area contributed by atoms with E-state index < -0.39 is 0 Å². The predicted molar refractivity (Wildman–Crippen MR) is 290 cm³/mol. The van der Waals surface area contributed by atoms with Crippen molar-refractivity contribution in [3.8, 4) is 12.1 Å². The number of alkyl halides is 1. The van der Waals surface area contributed by atoms with E-state index in [1.165, 1.54) is 15.4 Å². The van der Waals surface area contributed by atoms with Gasteiger partial charge in [0.2, 0.25) is 0 Å². The molecule has 4 amide bonds. The second-order valence-electron chi connectivity index (χ2n) is 17.1. The van der Waals surface area contributed by atoms with Gasteiger partial charge in [0.05, 0.1) is 79.0 Å². The van der Waals surface area contributed by atoms with Gasteiger partial charge in [0.1, 0.15) is 0 Å². The van der Waals surface area contributed by atoms with E-state index in [0.717, 1.165) is 48.1 Å². The standard InChI is InChI=1S/C27H22Cl2N4O2.C17H15Cl2N3.C10H8BrNO2.CH2O3.2Cs.H/c28-20-8-6-19(7-9-20)25-17-31(11-13-32(25)24-10-5-18(16-30)15-23(24)29)12-14-33-26(34)21-3-1-2-4-22(21)27(33)35;18-14-4-2-13(3-5-14)17-11-21-7-8-22(17)16-6-1-12(10-20)9-15(16)19;11-5-6-12-9(13)7-3-1-2-4-8(7)10(12)14;2-1-4-3;;;/h1-10,15,25H,11-14,17H2;1-6,9,17,21H,7-8,11H2;1-4H,5-6H2;1,3H;;;/q;;;;2*+1;-1/p-1/t25-;17-;;;;;/m00...../s1. The molecule has 0 radical (unpaired) electrons. The molecule has 0 aliphatic carbocycles. The van der Waals surface area contributed by atoms with Gasteiger partial charge in [-0.05, 0) is 96.1 Å². The molecular weight excluding hydrogens is 1370 g/mol. The number of anilines is 2. The van der Waals surface area contributed by atoms with Crippen LogP contribution in [0.1, 0.15) is 77.2 Å². The van der Waals surface area contributed by atoms with E-state index in [0.29, 0.717) is 86.5 Å². The summed E-state index contributed by atoms with van der Waals surface area (Å²) in [7, 11) is 0. The number of nitrogens with one attached hydrogen (secondary N) is 1. The summed E-state index contributed by atoms with van der Waals surface area (Å²) in [4.78, 5) is 69.5. The molecule has 4 aliphatic heterocycles. The summed E-state index contributed by atoms with van der Waals surface area (Å²) in [6.45, 7) is 5.87.